The molecule has 0 aliphatic carbocycles. The Labute approximate surface area is 55.8 Å². The van der Waals surface area contributed by atoms with Crippen LogP contribution in [0.5, 0.6) is 11.5 Å². The molecule has 45 valence electrons. The monoisotopic (exact) mass is 123 g/mol. The fraction of sp³-hybridized carbons (Fsp3) is 0.143. The molecule has 2 nitrogen and oxygen atoms in total. The Hall–Kier alpha value is -1.18. The first-order valence-electron chi connectivity index (χ1n) is 3.55. The Kier molecular flexibility index (Phi) is 0.571. The third kappa shape index (κ3) is 0.633. The molecule has 1 aliphatic rings. The maximum Gasteiger partial charge on any atom is 0.231 e. The molecule has 0 saturated carbocycles. The number of ether oxygens (including phenoxy) is 2. The zero-order chi connectivity index (χ0) is 7.90. The molecule has 0 unspecified atom stereocenters. The minimum atomic E-state index is -2.02. The number of hydrogen-bond acceptors (Lipinski definition) is 2. The second kappa shape index (κ2) is 1.65. The Balaban J connectivity index is 2.41. The summed E-state index contributed by atoms with van der Waals surface area (Å²) < 4.78 is 23.7. The molecule has 0 amide bonds. The van der Waals surface area contributed by atoms with Gasteiger partial charge in [0.15, 0.2) is 11.5 Å². The van der Waals surface area contributed by atoms with Crippen molar-refractivity contribution >= 4 is 0 Å². The van der Waals surface area contributed by atoms with E-state index in [-0.39, 0.29) is 0 Å². The molecule has 1 heterocycles. The molecule has 2 heteroatoms. The zero-order valence-corrected chi connectivity index (χ0v) is 4.55. The molecule has 0 spiro atoms. The van der Waals surface area contributed by atoms with Gasteiger partial charge >= 0.3 is 0 Å². The van der Waals surface area contributed by atoms with Crippen LogP contribution in [0.25, 0.3) is 0 Å². The van der Waals surface area contributed by atoms with Crippen molar-refractivity contribution in [3.05, 3.63) is 24.3 Å². The van der Waals surface area contributed by atoms with E-state index in [4.69, 9.17) is 12.2 Å². The minimum Gasteiger partial charge on any atom is -0.454 e. The summed E-state index contributed by atoms with van der Waals surface area (Å²) in [6.07, 6.45) is 0. The lowest BCUT2D eigenvalue weighted by Crippen LogP contribution is -1.92. The SMILES string of the molecule is [2H]C1([2H])Oc2c[c]ccc2O1. The van der Waals surface area contributed by atoms with Crippen molar-refractivity contribution < 1.29 is 12.2 Å². The summed E-state index contributed by atoms with van der Waals surface area (Å²) in [6, 6.07) is 7.55. The number of benzene rings is 1. The van der Waals surface area contributed by atoms with Crippen molar-refractivity contribution in [2.75, 3.05) is 6.75 Å². The van der Waals surface area contributed by atoms with Crippen molar-refractivity contribution in [1.29, 1.82) is 0 Å². The topological polar surface area (TPSA) is 18.5 Å². The lowest BCUT2D eigenvalue weighted by atomic mass is 10.3. The van der Waals surface area contributed by atoms with Crippen molar-refractivity contribution in [2.24, 2.45) is 0 Å². The van der Waals surface area contributed by atoms with Gasteiger partial charge in [0.25, 0.3) is 0 Å². The van der Waals surface area contributed by atoms with Crippen LogP contribution >= 0.6 is 0 Å². The van der Waals surface area contributed by atoms with Gasteiger partial charge in [-0.25, -0.2) is 0 Å². The van der Waals surface area contributed by atoms with Crippen molar-refractivity contribution in [3.63, 3.8) is 0 Å². The highest BCUT2D eigenvalue weighted by atomic mass is 16.7. The molecule has 1 aliphatic heterocycles. The van der Waals surface area contributed by atoms with Gasteiger partial charge < -0.3 is 9.47 Å². The van der Waals surface area contributed by atoms with Crippen LogP contribution in [-0.4, -0.2) is 6.75 Å². The van der Waals surface area contributed by atoms with E-state index in [2.05, 4.69) is 6.07 Å². The number of rotatable bonds is 0. The lowest BCUT2D eigenvalue weighted by molar-refractivity contribution is 0.174. The predicted molar refractivity (Wildman–Crippen MR) is 31.4 cm³/mol. The van der Waals surface area contributed by atoms with Gasteiger partial charge in [0.2, 0.25) is 6.75 Å². The van der Waals surface area contributed by atoms with Gasteiger partial charge in [-0.1, -0.05) is 6.07 Å². The van der Waals surface area contributed by atoms with E-state index in [0.29, 0.717) is 11.5 Å². The van der Waals surface area contributed by atoms with E-state index in [0.717, 1.165) is 0 Å². The molecule has 1 radical (unpaired) electrons. The van der Waals surface area contributed by atoms with E-state index in [1.807, 2.05) is 0 Å². The molecule has 0 bridgehead atoms. The average molecular weight is 123 g/mol. The predicted octanol–water partition coefficient (Wildman–Crippen LogP) is 1.22. The smallest absolute Gasteiger partial charge is 0.231 e. The molecule has 0 atom stereocenters. The highest BCUT2D eigenvalue weighted by molar-refractivity contribution is 5.40. The normalized spacial score (nSPS) is 22.7. The summed E-state index contributed by atoms with van der Waals surface area (Å²) in [7, 11) is 0. The number of hydrogen-bond donors (Lipinski definition) is 0. The number of fused-ring (bicyclic) bond motifs is 1. The highest BCUT2D eigenvalue weighted by Crippen LogP contribution is 2.29. The summed E-state index contributed by atoms with van der Waals surface area (Å²) in [5.74, 6) is 0.825. The van der Waals surface area contributed by atoms with E-state index in [1.165, 1.54) is 0 Å². The summed E-state index contributed by atoms with van der Waals surface area (Å²) >= 11 is 0. The quantitative estimate of drug-likeness (QED) is 0.516. The van der Waals surface area contributed by atoms with Crippen LogP contribution in [0.2, 0.25) is 0 Å². The Bertz CT molecular complexity index is 259. The fourth-order valence-electron chi connectivity index (χ4n) is 0.676. The molecule has 1 aromatic carbocycles. The van der Waals surface area contributed by atoms with Crippen LogP contribution in [0.1, 0.15) is 2.74 Å². The maximum absolute atomic E-state index is 7.08. The molecule has 2 rings (SSSR count). The van der Waals surface area contributed by atoms with Gasteiger partial charge in [0.05, 0.1) is 0 Å². The van der Waals surface area contributed by atoms with Crippen molar-refractivity contribution in [2.45, 2.75) is 0 Å². The van der Waals surface area contributed by atoms with Gasteiger partial charge in [-0.3, -0.25) is 0 Å². The van der Waals surface area contributed by atoms with Crippen LogP contribution in [0.15, 0.2) is 18.2 Å². The third-order valence-corrected chi connectivity index (χ3v) is 1.09. The molecule has 0 N–H and O–H groups in total. The molecular formula is C7H5O2. The van der Waals surface area contributed by atoms with Gasteiger partial charge in [0, 0.05) is 0 Å². The first kappa shape index (κ1) is 3.11. The van der Waals surface area contributed by atoms with Crippen molar-refractivity contribution in [3.8, 4) is 11.5 Å². The summed E-state index contributed by atoms with van der Waals surface area (Å²) in [5.41, 5.74) is 0. The summed E-state index contributed by atoms with van der Waals surface area (Å²) in [6.45, 7) is -2.02. The van der Waals surface area contributed by atoms with E-state index >= 15 is 0 Å². The average Bonchev–Trinajstić information content (AvgIpc) is 2.21. The van der Waals surface area contributed by atoms with E-state index in [9.17, 15) is 0 Å². The Morgan fingerprint density at radius 2 is 2.44 bits per heavy atom. The second-order valence-corrected chi connectivity index (χ2v) is 1.66. The standard InChI is InChI=1S/C7H5O2/c1-2-4-7-6(3-1)8-5-9-7/h1,3-4H,5H2/i5D2. The van der Waals surface area contributed by atoms with Crippen LogP contribution in [-0.2, 0) is 0 Å². The fourth-order valence-corrected chi connectivity index (χ4v) is 0.676. The Morgan fingerprint density at radius 3 is 3.33 bits per heavy atom. The van der Waals surface area contributed by atoms with Crippen LogP contribution in [0.4, 0.5) is 0 Å². The molecule has 0 aromatic heterocycles. The summed E-state index contributed by atoms with van der Waals surface area (Å²) in [5, 5.41) is 0. The minimum absolute atomic E-state index is 0.400. The van der Waals surface area contributed by atoms with Gasteiger partial charge in [-0.15, -0.1) is 0 Å². The first-order valence-corrected chi connectivity index (χ1v) is 2.55. The van der Waals surface area contributed by atoms with Gasteiger partial charge in [0.1, 0.15) is 2.74 Å². The molecule has 0 fully saturated rings. The zero-order valence-electron chi connectivity index (χ0n) is 6.55. The van der Waals surface area contributed by atoms with Gasteiger partial charge in [-0.2, -0.15) is 0 Å². The summed E-state index contributed by atoms with van der Waals surface area (Å²) in [4.78, 5) is 0. The van der Waals surface area contributed by atoms with Crippen molar-refractivity contribution in [1.82, 2.24) is 0 Å². The Morgan fingerprint density at radius 1 is 1.56 bits per heavy atom. The van der Waals surface area contributed by atoms with E-state index in [1.54, 1.807) is 18.2 Å². The second-order valence-electron chi connectivity index (χ2n) is 1.66. The van der Waals surface area contributed by atoms with Crippen LogP contribution in [0.3, 0.4) is 0 Å². The van der Waals surface area contributed by atoms with Crippen LogP contribution in [0, 0.1) is 6.07 Å². The van der Waals surface area contributed by atoms with Gasteiger partial charge in [-0.05, 0) is 18.2 Å². The molecule has 9 heavy (non-hydrogen) atoms. The lowest BCUT2D eigenvalue weighted by Gasteiger charge is -1.89. The first-order chi connectivity index (χ1) is 5.17. The molecular weight excluding hydrogens is 116 g/mol. The molecule has 0 saturated heterocycles. The third-order valence-electron chi connectivity index (χ3n) is 1.09. The van der Waals surface area contributed by atoms with Crippen LogP contribution < -0.4 is 9.47 Å². The maximum atomic E-state index is 7.08. The highest BCUT2D eigenvalue weighted by Gasteiger charge is 2.09. The largest absolute Gasteiger partial charge is 0.454 e. The molecule has 1 aromatic rings. The van der Waals surface area contributed by atoms with E-state index < -0.39 is 6.75 Å².